The monoisotopic (exact) mass is 323 g/mol. The third-order valence-electron chi connectivity index (χ3n) is 5.65. The number of nitrogens with zero attached hydrogens (tertiary/aromatic N) is 2. The molecule has 3 aliphatic rings. The Morgan fingerprint density at radius 1 is 1.04 bits per heavy atom. The third kappa shape index (κ3) is 3.82. The highest BCUT2D eigenvalue weighted by atomic mass is 16.6. The molecule has 3 fully saturated rings. The van der Waals surface area contributed by atoms with Crippen LogP contribution in [-0.2, 0) is 4.74 Å². The number of hydrogen-bond donors (Lipinski definition) is 1. The van der Waals surface area contributed by atoms with Gasteiger partial charge in [-0.15, -0.1) is 0 Å². The van der Waals surface area contributed by atoms with Crippen LogP contribution in [0.2, 0.25) is 0 Å². The van der Waals surface area contributed by atoms with Gasteiger partial charge in [-0.2, -0.15) is 0 Å². The lowest BCUT2D eigenvalue weighted by atomic mass is 9.95. The highest BCUT2D eigenvalue weighted by Gasteiger charge is 2.40. The first-order valence-corrected chi connectivity index (χ1v) is 9.35. The number of nitrogens with one attached hydrogen (secondary N) is 1. The first-order chi connectivity index (χ1) is 10.8. The number of ether oxygens (including phenoxy) is 1. The number of carbonyl (C=O) groups excluding carboxylic acids is 1. The van der Waals surface area contributed by atoms with Crippen molar-refractivity contribution in [2.75, 3.05) is 19.6 Å². The maximum atomic E-state index is 12.5. The predicted molar refractivity (Wildman–Crippen MR) is 91.6 cm³/mol. The molecule has 0 spiro atoms. The van der Waals surface area contributed by atoms with E-state index in [1.54, 1.807) is 0 Å². The average Bonchev–Trinajstić information content (AvgIpc) is 3.03. The van der Waals surface area contributed by atoms with Gasteiger partial charge in [-0.05, 0) is 66.3 Å². The fraction of sp³-hybridized carbons (Fsp3) is 0.944. The van der Waals surface area contributed by atoms with Gasteiger partial charge in [0.05, 0.1) is 0 Å². The van der Waals surface area contributed by atoms with E-state index in [2.05, 4.69) is 17.1 Å². The first kappa shape index (κ1) is 17.0. The summed E-state index contributed by atoms with van der Waals surface area (Å²) in [5.74, 6) is 0. The first-order valence-electron chi connectivity index (χ1n) is 9.35. The van der Waals surface area contributed by atoms with E-state index >= 15 is 0 Å². The van der Waals surface area contributed by atoms with Gasteiger partial charge in [0.15, 0.2) is 0 Å². The molecule has 4 atom stereocenters. The minimum Gasteiger partial charge on any atom is -0.444 e. The van der Waals surface area contributed by atoms with Crippen LogP contribution < -0.4 is 5.32 Å². The van der Waals surface area contributed by atoms with Crippen molar-refractivity contribution in [3.8, 4) is 0 Å². The summed E-state index contributed by atoms with van der Waals surface area (Å²) in [6.07, 6.45) is 5.97. The second-order valence-corrected chi connectivity index (χ2v) is 8.47. The van der Waals surface area contributed by atoms with Gasteiger partial charge in [-0.3, -0.25) is 4.90 Å². The Morgan fingerprint density at radius 2 is 1.78 bits per heavy atom. The smallest absolute Gasteiger partial charge is 0.410 e. The minimum absolute atomic E-state index is 0.162. The molecule has 1 amide bonds. The van der Waals surface area contributed by atoms with Crippen molar-refractivity contribution < 1.29 is 9.53 Å². The lowest BCUT2D eigenvalue weighted by Crippen LogP contribution is -2.58. The predicted octanol–water partition coefficient (Wildman–Crippen LogP) is 2.60. The molecule has 0 bridgehead atoms. The lowest BCUT2D eigenvalue weighted by molar-refractivity contribution is 0.00610. The zero-order valence-corrected chi connectivity index (χ0v) is 15.2. The topological polar surface area (TPSA) is 44.8 Å². The Labute approximate surface area is 140 Å². The van der Waals surface area contributed by atoms with Crippen LogP contribution >= 0.6 is 0 Å². The van der Waals surface area contributed by atoms with E-state index in [-0.39, 0.29) is 12.1 Å². The van der Waals surface area contributed by atoms with Gasteiger partial charge in [0, 0.05) is 37.3 Å². The van der Waals surface area contributed by atoms with Crippen LogP contribution in [0.4, 0.5) is 4.79 Å². The molecule has 23 heavy (non-hydrogen) atoms. The zero-order valence-electron chi connectivity index (χ0n) is 15.2. The molecule has 0 aromatic rings. The van der Waals surface area contributed by atoms with Crippen molar-refractivity contribution in [1.29, 1.82) is 0 Å². The highest BCUT2D eigenvalue weighted by molar-refractivity contribution is 5.68. The number of piperidine rings is 1. The van der Waals surface area contributed by atoms with Crippen molar-refractivity contribution >= 4 is 6.09 Å². The standard InChI is InChI=1S/C18H33N3O2/c1-13-14(19-15-9-12-20-10-6-8-16(15)20)7-5-11-21(13)17(22)23-18(2,3)4/h13-16,19H,5-12H2,1-4H3. The maximum Gasteiger partial charge on any atom is 0.410 e. The van der Waals surface area contributed by atoms with Crippen LogP contribution in [0.1, 0.15) is 59.8 Å². The summed E-state index contributed by atoms with van der Waals surface area (Å²) in [5.41, 5.74) is -0.424. The summed E-state index contributed by atoms with van der Waals surface area (Å²) in [6.45, 7) is 11.3. The normalized spacial score (nSPS) is 35.4. The third-order valence-corrected chi connectivity index (χ3v) is 5.65. The van der Waals surface area contributed by atoms with Crippen molar-refractivity contribution in [2.24, 2.45) is 0 Å². The number of carbonyl (C=O) groups is 1. The van der Waals surface area contributed by atoms with Crippen LogP contribution in [0.3, 0.4) is 0 Å². The molecule has 0 aromatic carbocycles. The van der Waals surface area contributed by atoms with E-state index in [0.29, 0.717) is 12.1 Å². The van der Waals surface area contributed by atoms with E-state index < -0.39 is 5.60 Å². The summed E-state index contributed by atoms with van der Waals surface area (Å²) < 4.78 is 5.59. The number of hydrogen-bond acceptors (Lipinski definition) is 4. The van der Waals surface area contributed by atoms with Gasteiger partial charge in [0.25, 0.3) is 0 Å². The van der Waals surface area contributed by atoms with Crippen molar-refractivity contribution in [2.45, 2.75) is 89.6 Å². The summed E-state index contributed by atoms with van der Waals surface area (Å²) in [7, 11) is 0. The molecule has 3 aliphatic heterocycles. The van der Waals surface area contributed by atoms with Gasteiger partial charge in [0.1, 0.15) is 5.60 Å². The largest absolute Gasteiger partial charge is 0.444 e. The molecule has 0 radical (unpaired) electrons. The molecule has 4 unspecified atom stereocenters. The summed E-state index contributed by atoms with van der Waals surface area (Å²) in [5, 5.41) is 3.90. The van der Waals surface area contributed by atoms with Gasteiger partial charge >= 0.3 is 6.09 Å². The Morgan fingerprint density at radius 3 is 2.52 bits per heavy atom. The Kier molecular flexibility index (Phi) is 4.88. The molecule has 3 rings (SSSR count). The minimum atomic E-state index is -0.424. The van der Waals surface area contributed by atoms with E-state index in [9.17, 15) is 4.79 Å². The Balaban J connectivity index is 1.59. The molecule has 3 saturated heterocycles. The summed E-state index contributed by atoms with van der Waals surface area (Å²) in [6, 6.07) is 1.92. The van der Waals surface area contributed by atoms with Gasteiger partial charge < -0.3 is 15.0 Å². The number of likely N-dealkylation sites (tertiary alicyclic amines) is 1. The molecule has 3 heterocycles. The number of rotatable bonds is 2. The molecule has 1 N–H and O–H groups in total. The summed E-state index contributed by atoms with van der Waals surface area (Å²) >= 11 is 0. The Hall–Kier alpha value is -0.810. The maximum absolute atomic E-state index is 12.5. The second kappa shape index (κ2) is 6.60. The number of amides is 1. The van der Waals surface area contributed by atoms with Crippen LogP contribution in [0, 0.1) is 0 Å². The van der Waals surface area contributed by atoms with E-state index in [0.717, 1.165) is 25.4 Å². The molecule has 0 saturated carbocycles. The van der Waals surface area contributed by atoms with Crippen LogP contribution in [0.25, 0.3) is 0 Å². The highest BCUT2D eigenvalue weighted by Crippen LogP contribution is 2.30. The molecular formula is C18H33N3O2. The van der Waals surface area contributed by atoms with Gasteiger partial charge in [-0.25, -0.2) is 4.79 Å². The van der Waals surface area contributed by atoms with E-state index in [1.165, 1.54) is 32.4 Å². The molecule has 132 valence electrons. The molecule has 0 aliphatic carbocycles. The molecule has 5 heteroatoms. The average molecular weight is 323 g/mol. The van der Waals surface area contributed by atoms with Crippen molar-refractivity contribution in [1.82, 2.24) is 15.1 Å². The molecule has 5 nitrogen and oxygen atoms in total. The molecule has 0 aromatic heterocycles. The fourth-order valence-electron chi connectivity index (χ4n) is 4.50. The van der Waals surface area contributed by atoms with E-state index in [4.69, 9.17) is 4.74 Å². The van der Waals surface area contributed by atoms with Crippen LogP contribution in [0.5, 0.6) is 0 Å². The van der Waals surface area contributed by atoms with Crippen molar-refractivity contribution in [3.63, 3.8) is 0 Å². The fourth-order valence-corrected chi connectivity index (χ4v) is 4.50. The van der Waals surface area contributed by atoms with Gasteiger partial charge in [0.2, 0.25) is 0 Å². The molecular weight excluding hydrogens is 290 g/mol. The quantitative estimate of drug-likeness (QED) is 0.848. The van der Waals surface area contributed by atoms with E-state index in [1.807, 2.05) is 25.7 Å². The van der Waals surface area contributed by atoms with Gasteiger partial charge in [-0.1, -0.05) is 0 Å². The summed E-state index contributed by atoms with van der Waals surface area (Å²) in [4.78, 5) is 17.0. The Bertz CT molecular complexity index is 434. The van der Waals surface area contributed by atoms with Crippen molar-refractivity contribution in [3.05, 3.63) is 0 Å². The number of fused-ring (bicyclic) bond motifs is 1. The second-order valence-electron chi connectivity index (χ2n) is 8.47. The van der Waals surface area contributed by atoms with Crippen LogP contribution in [-0.4, -0.2) is 65.3 Å². The SMILES string of the molecule is CC1C(NC2CCN3CCCC23)CCCN1C(=O)OC(C)(C)C. The lowest BCUT2D eigenvalue weighted by Gasteiger charge is -2.41. The van der Waals surface area contributed by atoms with Crippen LogP contribution in [0.15, 0.2) is 0 Å². The zero-order chi connectivity index (χ0) is 16.6.